The third-order valence-corrected chi connectivity index (χ3v) is 3.08. The molecule has 5 nitrogen and oxygen atoms in total. The summed E-state index contributed by atoms with van der Waals surface area (Å²) in [4.78, 5) is 11.3. The summed E-state index contributed by atoms with van der Waals surface area (Å²) in [5.74, 6) is -0.731. The Bertz CT molecular complexity index is 509. The average Bonchev–Trinajstić information content (AvgIpc) is 2.39. The Hall–Kier alpha value is -1.37. The van der Waals surface area contributed by atoms with Crippen LogP contribution in [0.25, 0.3) is 0 Å². The molecular formula is C15H22ClFN2O3. The molecule has 0 radical (unpaired) electrons. The fourth-order valence-electron chi connectivity index (χ4n) is 1.69. The van der Waals surface area contributed by atoms with E-state index < -0.39 is 18.0 Å². The normalized spacial score (nSPS) is 12.9. The van der Waals surface area contributed by atoms with Gasteiger partial charge in [0.15, 0.2) is 0 Å². The van der Waals surface area contributed by atoms with Crippen LogP contribution < -0.4 is 10.6 Å². The maximum absolute atomic E-state index is 14.1. The first kappa shape index (κ1) is 18.7. The molecule has 7 heteroatoms. The minimum absolute atomic E-state index is 0.00198. The van der Waals surface area contributed by atoms with Crippen molar-refractivity contribution >= 4 is 23.4 Å². The van der Waals surface area contributed by atoms with E-state index in [0.29, 0.717) is 5.56 Å². The summed E-state index contributed by atoms with van der Waals surface area (Å²) < 4.78 is 18.7. The van der Waals surface area contributed by atoms with E-state index in [0.717, 1.165) is 6.07 Å². The maximum Gasteiger partial charge on any atom is 0.411 e. The van der Waals surface area contributed by atoms with Crippen molar-refractivity contribution in [3.63, 3.8) is 0 Å². The Balaban J connectivity index is 2.86. The number of β-amino-alcohol motifs (C(OH)–C–C–N with tert-alkyl or cyclic N) is 1. The molecule has 0 aromatic heterocycles. The minimum atomic E-state index is -0.914. The topological polar surface area (TPSA) is 70.6 Å². The van der Waals surface area contributed by atoms with Crippen molar-refractivity contribution in [1.82, 2.24) is 5.32 Å². The van der Waals surface area contributed by atoms with Gasteiger partial charge < -0.3 is 15.2 Å². The molecule has 0 aliphatic carbocycles. The summed E-state index contributed by atoms with van der Waals surface area (Å²) in [6.45, 7) is 7.93. The van der Waals surface area contributed by atoms with Crippen molar-refractivity contribution in [2.45, 2.75) is 39.3 Å². The molecular weight excluding hydrogens is 311 g/mol. The zero-order chi connectivity index (χ0) is 16.9. The number of rotatable bonds is 5. The van der Waals surface area contributed by atoms with Crippen LogP contribution in [0.2, 0.25) is 5.02 Å². The van der Waals surface area contributed by atoms with E-state index in [-0.39, 0.29) is 29.4 Å². The second kappa shape index (κ2) is 7.76. The van der Waals surface area contributed by atoms with Gasteiger partial charge in [0.1, 0.15) is 5.82 Å². The lowest BCUT2D eigenvalue weighted by Crippen LogP contribution is -2.38. The molecule has 0 saturated heterocycles. The smallest absolute Gasteiger partial charge is 0.411 e. The van der Waals surface area contributed by atoms with Gasteiger partial charge in [0.25, 0.3) is 0 Å². The lowest BCUT2D eigenvalue weighted by atomic mass is 10.1. The zero-order valence-electron chi connectivity index (χ0n) is 13.2. The number of carbonyl (C=O) groups excluding carboxylic acids is 1. The fourth-order valence-corrected chi connectivity index (χ4v) is 1.96. The first-order valence-corrected chi connectivity index (χ1v) is 7.37. The molecule has 1 unspecified atom stereocenters. The Morgan fingerprint density at radius 1 is 1.45 bits per heavy atom. The van der Waals surface area contributed by atoms with Gasteiger partial charge in [-0.25, -0.2) is 9.18 Å². The van der Waals surface area contributed by atoms with E-state index in [4.69, 9.17) is 11.6 Å². The Morgan fingerprint density at radius 3 is 2.59 bits per heavy atom. The molecule has 0 aliphatic heterocycles. The van der Waals surface area contributed by atoms with Crippen molar-refractivity contribution in [2.24, 2.45) is 0 Å². The molecule has 0 bridgehead atoms. The number of anilines is 1. The van der Waals surface area contributed by atoms with Gasteiger partial charge in [-0.1, -0.05) is 11.6 Å². The standard InChI is InChI=1S/C15H22ClFN2O3/c1-5-22-14(21)19-13-10(16)6-9(7-11(13)17)12(20)8-18-15(2,3)4/h6-7,12,18,20H,5,8H2,1-4H3,(H,19,21). The molecule has 1 rings (SSSR count). The van der Waals surface area contributed by atoms with Crippen LogP contribution in [0.5, 0.6) is 0 Å². The van der Waals surface area contributed by atoms with Gasteiger partial charge in [0, 0.05) is 12.1 Å². The molecule has 124 valence electrons. The molecule has 0 spiro atoms. The van der Waals surface area contributed by atoms with Crippen molar-refractivity contribution in [2.75, 3.05) is 18.5 Å². The summed E-state index contributed by atoms with van der Waals surface area (Å²) in [5.41, 5.74) is -0.0112. The van der Waals surface area contributed by atoms with E-state index in [1.807, 2.05) is 20.8 Å². The Kier molecular flexibility index (Phi) is 6.59. The Labute approximate surface area is 134 Å². The van der Waals surface area contributed by atoms with Gasteiger partial charge in [-0.3, -0.25) is 5.32 Å². The molecule has 1 atom stereocenters. The van der Waals surface area contributed by atoms with Gasteiger partial charge in [-0.15, -0.1) is 0 Å². The summed E-state index contributed by atoms with van der Waals surface area (Å²) in [6.07, 6.45) is -1.70. The predicted octanol–water partition coefficient (Wildman–Crippen LogP) is 3.47. The van der Waals surface area contributed by atoms with Crippen LogP contribution in [0.3, 0.4) is 0 Å². The fraction of sp³-hybridized carbons (Fsp3) is 0.533. The molecule has 22 heavy (non-hydrogen) atoms. The number of aliphatic hydroxyl groups is 1. The van der Waals surface area contributed by atoms with Gasteiger partial charge >= 0.3 is 6.09 Å². The number of ether oxygens (including phenoxy) is 1. The monoisotopic (exact) mass is 332 g/mol. The second-order valence-electron chi connectivity index (χ2n) is 5.85. The molecule has 3 N–H and O–H groups in total. The van der Waals surface area contributed by atoms with Gasteiger partial charge in [0.2, 0.25) is 0 Å². The quantitative estimate of drug-likeness (QED) is 0.772. The average molecular weight is 333 g/mol. The molecule has 1 aromatic rings. The Morgan fingerprint density at radius 2 is 2.09 bits per heavy atom. The van der Waals surface area contributed by atoms with E-state index >= 15 is 0 Å². The molecule has 1 amide bonds. The summed E-state index contributed by atoms with van der Waals surface area (Å²) in [6, 6.07) is 2.56. The first-order valence-electron chi connectivity index (χ1n) is 7.00. The lowest BCUT2D eigenvalue weighted by molar-refractivity contribution is 0.163. The van der Waals surface area contributed by atoms with Gasteiger partial charge in [-0.2, -0.15) is 0 Å². The number of carbonyl (C=O) groups is 1. The highest BCUT2D eigenvalue weighted by Gasteiger charge is 2.18. The third-order valence-electron chi connectivity index (χ3n) is 2.78. The predicted molar refractivity (Wildman–Crippen MR) is 84.8 cm³/mol. The first-order chi connectivity index (χ1) is 10.1. The highest BCUT2D eigenvalue weighted by molar-refractivity contribution is 6.33. The van der Waals surface area contributed by atoms with Crippen LogP contribution in [0.4, 0.5) is 14.9 Å². The second-order valence-corrected chi connectivity index (χ2v) is 6.26. The number of halogens is 2. The highest BCUT2D eigenvalue weighted by Crippen LogP contribution is 2.29. The van der Waals surface area contributed by atoms with E-state index in [1.54, 1.807) is 6.92 Å². The number of nitrogens with one attached hydrogen (secondary N) is 2. The largest absolute Gasteiger partial charge is 0.450 e. The summed E-state index contributed by atoms with van der Waals surface area (Å²) in [7, 11) is 0. The molecule has 0 saturated carbocycles. The molecule has 0 aliphatic rings. The number of hydrogen-bond donors (Lipinski definition) is 3. The molecule has 0 fully saturated rings. The van der Waals surface area contributed by atoms with E-state index in [9.17, 15) is 14.3 Å². The van der Waals surface area contributed by atoms with Crippen LogP contribution in [0, 0.1) is 5.82 Å². The van der Waals surface area contributed by atoms with E-state index in [2.05, 4.69) is 15.4 Å². The van der Waals surface area contributed by atoms with Gasteiger partial charge in [0.05, 0.1) is 23.4 Å². The van der Waals surface area contributed by atoms with Crippen LogP contribution in [-0.2, 0) is 4.74 Å². The SMILES string of the molecule is CCOC(=O)Nc1c(F)cc(C(O)CNC(C)(C)C)cc1Cl. The number of aliphatic hydroxyl groups excluding tert-OH is 1. The van der Waals surface area contributed by atoms with Gasteiger partial charge in [-0.05, 0) is 45.4 Å². The van der Waals surface area contributed by atoms with Crippen LogP contribution in [0.15, 0.2) is 12.1 Å². The van der Waals surface area contributed by atoms with Crippen molar-refractivity contribution in [3.8, 4) is 0 Å². The van der Waals surface area contributed by atoms with Crippen LogP contribution in [-0.4, -0.2) is 29.9 Å². The number of benzene rings is 1. The van der Waals surface area contributed by atoms with Crippen molar-refractivity contribution in [3.05, 3.63) is 28.5 Å². The number of amides is 1. The molecule has 1 aromatic carbocycles. The van der Waals surface area contributed by atoms with Crippen molar-refractivity contribution in [1.29, 1.82) is 0 Å². The van der Waals surface area contributed by atoms with Crippen LogP contribution >= 0.6 is 11.6 Å². The summed E-state index contributed by atoms with van der Waals surface area (Å²) in [5, 5.41) is 15.4. The minimum Gasteiger partial charge on any atom is -0.450 e. The third kappa shape index (κ3) is 5.79. The van der Waals surface area contributed by atoms with Crippen LogP contribution in [0.1, 0.15) is 39.4 Å². The lowest BCUT2D eigenvalue weighted by Gasteiger charge is -2.23. The maximum atomic E-state index is 14.1. The number of hydrogen-bond acceptors (Lipinski definition) is 4. The van der Waals surface area contributed by atoms with E-state index in [1.165, 1.54) is 6.07 Å². The zero-order valence-corrected chi connectivity index (χ0v) is 13.9. The summed E-state index contributed by atoms with van der Waals surface area (Å²) >= 11 is 5.97. The molecule has 0 heterocycles. The van der Waals surface area contributed by atoms with Crippen molar-refractivity contribution < 1.29 is 19.0 Å². The highest BCUT2D eigenvalue weighted by atomic mass is 35.5.